The van der Waals surface area contributed by atoms with Crippen molar-refractivity contribution in [2.45, 2.75) is 26.8 Å². The molecule has 0 unspecified atom stereocenters. The molecule has 0 aromatic heterocycles. The summed E-state index contributed by atoms with van der Waals surface area (Å²) in [7, 11) is 0. The van der Waals surface area contributed by atoms with Crippen molar-refractivity contribution >= 4 is 35.6 Å². The van der Waals surface area contributed by atoms with Crippen LogP contribution < -0.4 is 10.6 Å². The van der Waals surface area contributed by atoms with E-state index >= 15 is 0 Å². The van der Waals surface area contributed by atoms with Crippen molar-refractivity contribution in [3.8, 4) is 0 Å². The first-order chi connectivity index (χ1) is 9.47. The van der Waals surface area contributed by atoms with Crippen LogP contribution in [-0.4, -0.2) is 43.0 Å². The van der Waals surface area contributed by atoms with E-state index in [1.54, 1.807) is 0 Å². The maximum atomic E-state index is 12.2. The fourth-order valence-electron chi connectivity index (χ4n) is 2.56. The standard InChI is InChI=1S/C15H22ClN3O.ClH/c1-10-6-11(2)15(13(16)7-10)18-14(20)9-19-5-4-17-8-12(19)3;/h6-7,12,17H,4-5,8-9H2,1-3H3,(H,18,20);1H/t12-;/m0./s1. The van der Waals surface area contributed by atoms with Crippen molar-refractivity contribution in [1.82, 2.24) is 10.2 Å². The first-order valence-electron chi connectivity index (χ1n) is 6.98. The number of carbonyl (C=O) groups excluding carboxylic acids is 1. The summed E-state index contributed by atoms with van der Waals surface area (Å²) in [5.74, 6) is -0.00685. The van der Waals surface area contributed by atoms with E-state index in [0.29, 0.717) is 17.6 Å². The molecule has 0 radical (unpaired) electrons. The second-order valence-electron chi connectivity index (χ2n) is 5.51. The third-order valence-electron chi connectivity index (χ3n) is 3.68. The summed E-state index contributed by atoms with van der Waals surface area (Å²) in [6.45, 7) is 9.25. The minimum atomic E-state index is -0.00685. The minimum absolute atomic E-state index is 0. The second kappa shape index (κ2) is 7.99. The number of nitrogens with one attached hydrogen (secondary N) is 2. The number of nitrogens with zero attached hydrogens (tertiary/aromatic N) is 1. The third-order valence-corrected chi connectivity index (χ3v) is 3.98. The molecule has 1 saturated heterocycles. The average Bonchev–Trinajstić information content (AvgIpc) is 2.36. The quantitative estimate of drug-likeness (QED) is 0.894. The van der Waals surface area contributed by atoms with Gasteiger partial charge in [-0.2, -0.15) is 0 Å². The zero-order valence-electron chi connectivity index (χ0n) is 12.7. The van der Waals surface area contributed by atoms with Crippen LogP contribution in [0.4, 0.5) is 5.69 Å². The van der Waals surface area contributed by atoms with E-state index in [4.69, 9.17) is 11.6 Å². The molecule has 0 saturated carbocycles. The molecular weight excluding hydrogens is 309 g/mol. The Morgan fingerprint density at radius 3 is 2.81 bits per heavy atom. The van der Waals surface area contributed by atoms with Crippen molar-refractivity contribution in [3.05, 3.63) is 28.3 Å². The second-order valence-corrected chi connectivity index (χ2v) is 5.92. The normalized spacial score (nSPS) is 19.0. The number of aryl methyl sites for hydroxylation is 2. The summed E-state index contributed by atoms with van der Waals surface area (Å²) in [5, 5.41) is 6.86. The molecule has 1 amide bonds. The highest BCUT2D eigenvalue weighted by Gasteiger charge is 2.20. The number of rotatable bonds is 3. The monoisotopic (exact) mass is 331 g/mol. The van der Waals surface area contributed by atoms with Gasteiger partial charge in [-0.1, -0.05) is 17.7 Å². The molecule has 1 atom stereocenters. The summed E-state index contributed by atoms with van der Waals surface area (Å²) in [6.07, 6.45) is 0. The first-order valence-corrected chi connectivity index (χ1v) is 7.36. The summed E-state index contributed by atoms with van der Waals surface area (Å²) in [6, 6.07) is 4.27. The topological polar surface area (TPSA) is 44.4 Å². The van der Waals surface area contributed by atoms with Gasteiger partial charge >= 0.3 is 0 Å². The average molecular weight is 332 g/mol. The van der Waals surface area contributed by atoms with E-state index in [0.717, 1.165) is 36.4 Å². The number of hydrogen-bond acceptors (Lipinski definition) is 3. The lowest BCUT2D eigenvalue weighted by molar-refractivity contribution is -0.118. The van der Waals surface area contributed by atoms with Crippen LogP contribution >= 0.6 is 24.0 Å². The molecular formula is C15H23Cl2N3O. The van der Waals surface area contributed by atoms with E-state index in [9.17, 15) is 4.79 Å². The molecule has 1 fully saturated rings. The summed E-state index contributed by atoms with van der Waals surface area (Å²) in [5.41, 5.74) is 2.82. The molecule has 0 spiro atoms. The molecule has 0 aliphatic carbocycles. The van der Waals surface area contributed by atoms with Gasteiger partial charge in [0.25, 0.3) is 0 Å². The predicted octanol–water partition coefficient (Wildman–Crippen LogP) is 2.61. The predicted molar refractivity (Wildman–Crippen MR) is 90.7 cm³/mol. The summed E-state index contributed by atoms with van der Waals surface area (Å²) < 4.78 is 0. The maximum Gasteiger partial charge on any atom is 0.238 e. The van der Waals surface area contributed by atoms with Crippen LogP contribution in [-0.2, 0) is 4.79 Å². The number of halogens is 2. The molecule has 118 valence electrons. The highest BCUT2D eigenvalue weighted by atomic mass is 35.5. The van der Waals surface area contributed by atoms with Crippen molar-refractivity contribution in [2.24, 2.45) is 0 Å². The van der Waals surface area contributed by atoms with Gasteiger partial charge in [0.05, 0.1) is 17.3 Å². The van der Waals surface area contributed by atoms with Crippen LogP contribution in [0, 0.1) is 13.8 Å². The molecule has 2 rings (SSSR count). The lowest BCUT2D eigenvalue weighted by Gasteiger charge is -2.33. The van der Waals surface area contributed by atoms with Gasteiger partial charge in [-0.05, 0) is 38.0 Å². The van der Waals surface area contributed by atoms with Crippen molar-refractivity contribution < 1.29 is 4.79 Å². The smallest absolute Gasteiger partial charge is 0.238 e. The number of benzene rings is 1. The lowest BCUT2D eigenvalue weighted by atomic mass is 10.1. The Balaban J connectivity index is 0.00000220. The largest absolute Gasteiger partial charge is 0.323 e. The van der Waals surface area contributed by atoms with E-state index in [1.165, 1.54) is 0 Å². The summed E-state index contributed by atoms with van der Waals surface area (Å²) in [4.78, 5) is 14.4. The number of hydrogen-bond donors (Lipinski definition) is 2. The Hall–Kier alpha value is -0.810. The molecule has 1 aliphatic rings. The van der Waals surface area contributed by atoms with Crippen LogP contribution in [0.1, 0.15) is 18.1 Å². The minimum Gasteiger partial charge on any atom is -0.323 e. The van der Waals surface area contributed by atoms with E-state index < -0.39 is 0 Å². The molecule has 0 bridgehead atoms. The van der Waals surface area contributed by atoms with Gasteiger partial charge in [0.15, 0.2) is 0 Å². The number of piperazine rings is 1. The van der Waals surface area contributed by atoms with E-state index in [2.05, 4.69) is 22.5 Å². The van der Waals surface area contributed by atoms with Gasteiger partial charge < -0.3 is 10.6 Å². The fraction of sp³-hybridized carbons (Fsp3) is 0.533. The van der Waals surface area contributed by atoms with Crippen molar-refractivity contribution in [2.75, 3.05) is 31.5 Å². The Morgan fingerprint density at radius 1 is 1.48 bits per heavy atom. The van der Waals surface area contributed by atoms with Crippen LogP contribution in [0.25, 0.3) is 0 Å². The van der Waals surface area contributed by atoms with Crippen LogP contribution in [0.2, 0.25) is 5.02 Å². The Kier molecular flexibility index (Phi) is 6.94. The van der Waals surface area contributed by atoms with Crippen LogP contribution in [0.3, 0.4) is 0 Å². The van der Waals surface area contributed by atoms with Gasteiger partial charge in [-0.3, -0.25) is 9.69 Å². The Bertz CT molecular complexity index is 485. The first kappa shape index (κ1) is 18.2. The molecule has 1 heterocycles. The number of anilines is 1. The zero-order chi connectivity index (χ0) is 14.7. The van der Waals surface area contributed by atoms with Crippen LogP contribution in [0.5, 0.6) is 0 Å². The fourth-order valence-corrected chi connectivity index (χ4v) is 2.92. The highest BCUT2D eigenvalue weighted by Crippen LogP contribution is 2.27. The summed E-state index contributed by atoms with van der Waals surface area (Å²) >= 11 is 6.21. The molecule has 21 heavy (non-hydrogen) atoms. The van der Waals surface area contributed by atoms with Gasteiger partial charge in [-0.25, -0.2) is 0 Å². The molecule has 4 nitrogen and oxygen atoms in total. The third kappa shape index (κ3) is 4.85. The number of carbonyl (C=O) groups is 1. The molecule has 2 N–H and O–H groups in total. The van der Waals surface area contributed by atoms with Gasteiger partial charge in [0, 0.05) is 25.7 Å². The SMILES string of the molecule is Cc1cc(C)c(NC(=O)CN2CCNC[C@@H]2C)c(Cl)c1.Cl. The molecule has 1 aromatic carbocycles. The Labute approximate surface area is 137 Å². The molecule has 6 heteroatoms. The Morgan fingerprint density at radius 2 is 2.19 bits per heavy atom. The van der Waals surface area contributed by atoms with Gasteiger partial charge in [-0.15, -0.1) is 12.4 Å². The van der Waals surface area contributed by atoms with Gasteiger partial charge in [0.1, 0.15) is 0 Å². The lowest BCUT2D eigenvalue weighted by Crippen LogP contribution is -2.52. The highest BCUT2D eigenvalue weighted by molar-refractivity contribution is 6.34. The zero-order valence-corrected chi connectivity index (χ0v) is 14.3. The molecule has 1 aromatic rings. The number of amides is 1. The van der Waals surface area contributed by atoms with E-state index in [1.807, 2.05) is 26.0 Å². The molecule has 1 aliphatic heterocycles. The maximum absolute atomic E-state index is 12.2. The van der Waals surface area contributed by atoms with Crippen molar-refractivity contribution in [1.29, 1.82) is 0 Å². The van der Waals surface area contributed by atoms with Crippen LogP contribution in [0.15, 0.2) is 12.1 Å². The van der Waals surface area contributed by atoms with Crippen molar-refractivity contribution in [3.63, 3.8) is 0 Å². The van der Waals surface area contributed by atoms with Gasteiger partial charge in [0.2, 0.25) is 5.91 Å². The van der Waals surface area contributed by atoms with E-state index in [-0.39, 0.29) is 18.3 Å².